The summed E-state index contributed by atoms with van der Waals surface area (Å²) in [5.74, 6) is 0.853. The van der Waals surface area contributed by atoms with Gasteiger partial charge in [0.05, 0.1) is 24.1 Å². The highest BCUT2D eigenvalue weighted by Crippen LogP contribution is 2.33. The van der Waals surface area contributed by atoms with Gasteiger partial charge in [-0.2, -0.15) is 11.8 Å². The molecule has 218 valence electrons. The molecule has 12 heteroatoms. The highest BCUT2D eigenvalue weighted by Gasteiger charge is 2.42. The van der Waals surface area contributed by atoms with Gasteiger partial charge in [0.25, 0.3) is 0 Å². The van der Waals surface area contributed by atoms with Crippen molar-refractivity contribution in [3.05, 3.63) is 33.6 Å². The van der Waals surface area contributed by atoms with Gasteiger partial charge < -0.3 is 30.4 Å². The second-order valence-corrected chi connectivity index (χ2v) is 11.8. The number of thioether (sulfide) groups is 1. The van der Waals surface area contributed by atoms with Crippen LogP contribution in [0.15, 0.2) is 27.4 Å². The topological polar surface area (TPSA) is 139 Å². The highest BCUT2D eigenvalue weighted by molar-refractivity contribution is 8.00. The summed E-state index contributed by atoms with van der Waals surface area (Å²) in [6.07, 6.45) is 6.68. The van der Waals surface area contributed by atoms with Crippen LogP contribution in [0.5, 0.6) is 5.95 Å². The maximum absolute atomic E-state index is 12.4. The molecule has 1 aromatic carbocycles. The van der Waals surface area contributed by atoms with E-state index >= 15 is 0 Å². The van der Waals surface area contributed by atoms with Crippen molar-refractivity contribution in [2.45, 2.75) is 82.0 Å². The van der Waals surface area contributed by atoms with Crippen LogP contribution in [0.2, 0.25) is 5.02 Å². The van der Waals surface area contributed by atoms with Crippen molar-refractivity contribution in [1.29, 1.82) is 0 Å². The molecule has 2 fully saturated rings. The first kappa shape index (κ1) is 30.0. The molecule has 0 radical (unpaired) electrons. The van der Waals surface area contributed by atoms with Gasteiger partial charge in [0, 0.05) is 41.5 Å². The van der Waals surface area contributed by atoms with Crippen LogP contribution in [0.3, 0.4) is 0 Å². The molecule has 3 heterocycles. The van der Waals surface area contributed by atoms with Crippen LogP contribution < -0.4 is 31.6 Å². The molecule has 4 rings (SSSR count). The Hall–Kier alpha value is -2.92. The van der Waals surface area contributed by atoms with Crippen LogP contribution in [0, 0.1) is 0 Å². The predicted molar refractivity (Wildman–Crippen MR) is 157 cm³/mol. The van der Waals surface area contributed by atoms with E-state index in [9.17, 15) is 19.2 Å². The van der Waals surface area contributed by atoms with Gasteiger partial charge in [-0.25, -0.2) is 9.59 Å². The van der Waals surface area contributed by atoms with Gasteiger partial charge in [0.1, 0.15) is 5.02 Å². The number of carbonyl (C=O) groups excluding carboxylic acids is 3. The molecule has 10 nitrogen and oxygen atoms in total. The number of unbranched alkanes of at least 4 members (excludes halogenated alkanes) is 3. The minimum absolute atomic E-state index is 0.00437. The van der Waals surface area contributed by atoms with E-state index in [0.29, 0.717) is 48.7 Å². The van der Waals surface area contributed by atoms with Gasteiger partial charge in [0.2, 0.25) is 11.8 Å². The summed E-state index contributed by atoms with van der Waals surface area (Å²) in [6, 6.07) is 5.29. The Morgan fingerprint density at radius 1 is 1.07 bits per heavy atom. The van der Waals surface area contributed by atoms with E-state index in [1.165, 1.54) is 0 Å². The van der Waals surface area contributed by atoms with Crippen molar-refractivity contribution in [2.75, 3.05) is 24.2 Å². The minimum atomic E-state index is -0.578. The van der Waals surface area contributed by atoms with Gasteiger partial charge in [0.15, 0.2) is 0 Å². The second kappa shape index (κ2) is 14.6. The first-order valence-corrected chi connectivity index (χ1v) is 15.4. The van der Waals surface area contributed by atoms with Crippen molar-refractivity contribution < 1.29 is 23.5 Å². The highest BCUT2D eigenvalue weighted by atomic mass is 35.5. The Kier molecular flexibility index (Phi) is 11.0. The molecule has 0 saturated carbocycles. The lowest BCUT2D eigenvalue weighted by Crippen LogP contribution is -2.36. The Morgan fingerprint density at radius 3 is 2.70 bits per heavy atom. The van der Waals surface area contributed by atoms with Gasteiger partial charge in [-0.1, -0.05) is 37.4 Å². The lowest BCUT2D eigenvalue weighted by atomic mass is 10.0. The molecule has 3 atom stereocenters. The Bertz CT molecular complexity index is 1270. The fourth-order valence-electron chi connectivity index (χ4n) is 4.96. The van der Waals surface area contributed by atoms with Gasteiger partial charge in [-0.3, -0.25) is 9.59 Å². The molecule has 2 aliphatic heterocycles. The van der Waals surface area contributed by atoms with E-state index in [-0.39, 0.29) is 46.3 Å². The number of carbonyl (C=O) groups is 3. The van der Waals surface area contributed by atoms with Crippen LogP contribution in [0.1, 0.15) is 64.7 Å². The normalized spacial score (nSPS) is 19.6. The average molecular weight is 593 g/mol. The number of benzene rings is 1. The number of hydrogen-bond acceptors (Lipinski definition) is 7. The van der Waals surface area contributed by atoms with Crippen molar-refractivity contribution in [1.82, 2.24) is 16.0 Å². The molecular weight excluding hydrogens is 556 g/mol. The molecule has 0 bridgehead atoms. The van der Waals surface area contributed by atoms with E-state index < -0.39 is 5.63 Å². The molecule has 2 aliphatic rings. The Morgan fingerprint density at radius 2 is 1.88 bits per heavy atom. The van der Waals surface area contributed by atoms with Gasteiger partial charge >= 0.3 is 17.6 Å². The van der Waals surface area contributed by atoms with E-state index in [0.717, 1.165) is 44.3 Å². The molecule has 1 aromatic heterocycles. The van der Waals surface area contributed by atoms with Crippen molar-refractivity contribution in [3.8, 4) is 5.95 Å². The second-order valence-electron chi connectivity index (χ2n) is 10.2. The third-order valence-electron chi connectivity index (χ3n) is 7.05. The van der Waals surface area contributed by atoms with Crippen LogP contribution in [0.25, 0.3) is 10.8 Å². The van der Waals surface area contributed by atoms with Crippen molar-refractivity contribution in [3.63, 3.8) is 0 Å². The number of hydrogen-bond donors (Lipinski definition) is 4. The number of rotatable bonds is 15. The molecule has 0 aliphatic carbocycles. The smallest absolute Gasteiger partial charge is 0.346 e. The number of anilines is 1. The zero-order chi connectivity index (χ0) is 28.5. The van der Waals surface area contributed by atoms with Crippen molar-refractivity contribution >= 4 is 57.7 Å². The molecule has 4 amide bonds. The lowest BCUT2D eigenvalue weighted by molar-refractivity contribution is -0.121. The van der Waals surface area contributed by atoms with Gasteiger partial charge in [-0.05, 0) is 44.2 Å². The largest absolute Gasteiger partial charge is 0.464 e. The predicted octanol–water partition coefficient (Wildman–Crippen LogP) is 4.58. The summed E-state index contributed by atoms with van der Waals surface area (Å²) in [5, 5.41) is 13.1. The molecular formula is C28H37ClN4O6S. The molecule has 0 unspecified atom stereocenters. The zero-order valence-electron chi connectivity index (χ0n) is 22.7. The molecule has 0 spiro atoms. The van der Waals surface area contributed by atoms with E-state index in [4.69, 9.17) is 20.8 Å². The number of fused-ring (bicyclic) bond motifs is 2. The summed E-state index contributed by atoms with van der Waals surface area (Å²) in [7, 11) is 0. The summed E-state index contributed by atoms with van der Waals surface area (Å²) >= 11 is 8.22. The quantitative estimate of drug-likeness (QED) is 0.175. The fourth-order valence-corrected chi connectivity index (χ4v) is 6.77. The van der Waals surface area contributed by atoms with Crippen molar-refractivity contribution in [2.24, 2.45) is 0 Å². The molecule has 2 aromatic rings. The third kappa shape index (κ3) is 8.06. The van der Waals surface area contributed by atoms with Gasteiger partial charge in [-0.15, -0.1) is 0 Å². The SMILES string of the molecule is CCCOc1oc(=O)c2cc(NC(=O)CCCCCNC(=O)CCCC[C@@H]3SC[C@@H]4NC(=O)N[C@@H]43)ccc2c1Cl. The number of amides is 4. The molecule has 40 heavy (non-hydrogen) atoms. The number of halogens is 1. The van der Waals surface area contributed by atoms with Crippen LogP contribution in [-0.2, 0) is 9.59 Å². The van der Waals surface area contributed by atoms with E-state index in [2.05, 4.69) is 21.3 Å². The summed E-state index contributed by atoms with van der Waals surface area (Å²) in [6.45, 7) is 2.91. The zero-order valence-corrected chi connectivity index (χ0v) is 24.3. The Balaban J connectivity index is 1.07. The average Bonchev–Trinajstić information content (AvgIpc) is 3.49. The first-order valence-electron chi connectivity index (χ1n) is 14.0. The van der Waals surface area contributed by atoms with Crippen LogP contribution in [-0.4, -0.2) is 54.1 Å². The number of ether oxygens (including phenoxy) is 1. The fraction of sp³-hybridized carbons (Fsp3) is 0.571. The maximum Gasteiger partial charge on any atom is 0.346 e. The van der Waals surface area contributed by atoms with Crippen LogP contribution in [0.4, 0.5) is 10.5 Å². The molecule has 2 saturated heterocycles. The van der Waals surface area contributed by atoms with E-state index in [1.807, 2.05) is 18.7 Å². The standard InChI is InChI=1S/C28H37ClN4O6S/c1-2-14-38-27-24(29)18-12-11-17(15-19(18)26(36)39-27)31-23(35)10-4-3-7-13-30-22(34)9-6-5-8-21-25-20(16-40-21)32-28(37)33-25/h11-12,15,20-21,25H,2-10,13-14,16H2,1H3,(H,30,34)(H,31,35)(H2,32,33,37)/t20-,21-,25-/m0/s1. The summed E-state index contributed by atoms with van der Waals surface area (Å²) < 4.78 is 10.6. The summed E-state index contributed by atoms with van der Waals surface area (Å²) in [5.41, 5.74) is -0.0856. The third-order valence-corrected chi connectivity index (χ3v) is 8.91. The van der Waals surface area contributed by atoms with Crippen LogP contribution >= 0.6 is 23.4 Å². The Labute approximate surface area is 242 Å². The minimum Gasteiger partial charge on any atom is -0.464 e. The monoisotopic (exact) mass is 592 g/mol. The number of urea groups is 1. The molecule has 4 N–H and O–H groups in total. The van der Waals surface area contributed by atoms with E-state index in [1.54, 1.807) is 18.2 Å². The number of nitrogens with one attached hydrogen (secondary N) is 4. The first-order chi connectivity index (χ1) is 19.4. The lowest BCUT2D eigenvalue weighted by Gasteiger charge is -2.16. The summed E-state index contributed by atoms with van der Waals surface area (Å²) in [4.78, 5) is 48.3. The maximum atomic E-state index is 12.4.